The van der Waals surface area contributed by atoms with E-state index in [1.165, 1.54) is 31.4 Å². The van der Waals surface area contributed by atoms with Crippen molar-refractivity contribution in [3.8, 4) is 0 Å². The Hall–Kier alpha value is -0.760. The van der Waals surface area contributed by atoms with Crippen LogP contribution >= 0.6 is 0 Å². The molecule has 1 aromatic heterocycles. The molecule has 1 saturated carbocycles. The number of hydrogen-bond acceptors (Lipinski definition) is 1. The van der Waals surface area contributed by atoms with Gasteiger partial charge < -0.3 is 9.67 Å². The Kier molecular flexibility index (Phi) is 2.69. The molecule has 72 valence electrons. The topological polar surface area (TPSA) is 25.2 Å². The number of aliphatic hydroxyl groups is 1. The van der Waals surface area contributed by atoms with Gasteiger partial charge in [0.2, 0.25) is 0 Å². The molecule has 13 heavy (non-hydrogen) atoms. The third-order valence-electron chi connectivity index (χ3n) is 2.98. The molecule has 0 radical (unpaired) electrons. The van der Waals surface area contributed by atoms with Gasteiger partial charge in [0.1, 0.15) is 0 Å². The molecular formula is C11H17NO. The molecule has 1 fully saturated rings. The van der Waals surface area contributed by atoms with Gasteiger partial charge in [0.15, 0.2) is 0 Å². The monoisotopic (exact) mass is 179 g/mol. The molecule has 1 aromatic rings. The first-order valence-corrected chi connectivity index (χ1v) is 5.17. The first-order valence-electron chi connectivity index (χ1n) is 5.17. The SMILES string of the molecule is OCCn1cccc1C1CCCC1. The summed E-state index contributed by atoms with van der Waals surface area (Å²) in [7, 11) is 0. The van der Waals surface area contributed by atoms with E-state index < -0.39 is 0 Å². The molecular weight excluding hydrogens is 162 g/mol. The van der Waals surface area contributed by atoms with Crippen LogP contribution in [0, 0.1) is 0 Å². The van der Waals surface area contributed by atoms with Gasteiger partial charge >= 0.3 is 0 Å². The summed E-state index contributed by atoms with van der Waals surface area (Å²) in [5.74, 6) is 0.751. The molecule has 2 nitrogen and oxygen atoms in total. The summed E-state index contributed by atoms with van der Waals surface area (Å²) in [5.41, 5.74) is 1.42. The van der Waals surface area contributed by atoms with Crippen molar-refractivity contribution in [1.82, 2.24) is 4.57 Å². The van der Waals surface area contributed by atoms with E-state index in [0.717, 1.165) is 12.5 Å². The summed E-state index contributed by atoms with van der Waals surface area (Å²) in [6.45, 7) is 0.993. The van der Waals surface area contributed by atoms with Crippen molar-refractivity contribution >= 4 is 0 Å². The number of rotatable bonds is 3. The van der Waals surface area contributed by atoms with Gasteiger partial charge in [-0.25, -0.2) is 0 Å². The third kappa shape index (κ3) is 1.78. The van der Waals surface area contributed by atoms with Gasteiger partial charge in [-0.2, -0.15) is 0 Å². The predicted octanol–water partition coefficient (Wildman–Crippen LogP) is 2.14. The van der Waals surface area contributed by atoms with Crippen LogP contribution in [0.5, 0.6) is 0 Å². The largest absolute Gasteiger partial charge is 0.395 e. The highest BCUT2D eigenvalue weighted by molar-refractivity contribution is 5.13. The van der Waals surface area contributed by atoms with Gasteiger partial charge in [-0.3, -0.25) is 0 Å². The van der Waals surface area contributed by atoms with E-state index in [2.05, 4.69) is 22.9 Å². The van der Waals surface area contributed by atoms with Crippen LogP contribution in [0.1, 0.15) is 37.3 Å². The predicted molar refractivity (Wildman–Crippen MR) is 52.7 cm³/mol. The van der Waals surface area contributed by atoms with Crippen LogP contribution in [0.3, 0.4) is 0 Å². The molecule has 1 N–H and O–H groups in total. The molecule has 0 amide bonds. The minimum Gasteiger partial charge on any atom is -0.395 e. The van der Waals surface area contributed by atoms with Crippen molar-refractivity contribution in [3.63, 3.8) is 0 Å². The van der Waals surface area contributed by atoms with E-state index in [-0.39, 0.29) is 6.61 Å². The molecule has 0 bridgehead atoms. The third-order valence-corrected chi connectivity index (χ3v) is 2.98. The number of hydrogen-bond donors (Lipinski definition) is 1. The minimum absolute atomic E-state index is 0.244. The highest BCUT2D eigenvalue weighted by atomic mass is 16.3. The smallest absolute Gasteiger partial charge is 0.0610 e. The van der Waals surface area contributed by atoms with Gasteiger partial charge in [-0.15, -0.1) is 0 Å². The normalized spacial score (nSPS) is 18.2. The molecule has 0 aliphatic heterocycles. The maximum Gasteiger partial charge on any atom is 0.0610 e. The zero-order valence-corrected chi connectivity index (χ0v) is 7.95. The Morgan fingerprint density at radius 3 is 2.85 bits per heavy atom. The molecule has 0 atom stereocenters. The molecule has 0 spiro atoms. The highest BCUT2D eigenvalue weighted by Gasteiger charge is 2.19. The van der Waals surface area contributed by atoms with E-state index in [1.54, 1.807) is 0 Å². The molecule has 2 rings (SSSR count). The second-order valence-corrected chi connectivity index (χ2v) is 3.83. The van der Waals surface area contributed by atoms with Crippen molar-refractivity contribution in [2.45, 2.75) is 38.1 Å². The summed E-state index contributed by atoms with van der Waals surface area (Å²) in [6, 6.07) is 4.29. The van der Waals surface area contributed by atoms with Gasteiger partial charge in [-0.05, 0) is 30.9 Å². The standard InChI is InChI=1S/C11H17NO/c13-9-8-12-7-3-6-11(12)10-4-1-2-5-10/h3,6-7,10,13H,1-2,4-5,8-9H2. The maximum atomic E-state index is 8.88. The van der Waals surface area contributed by atoms with Gasteiger partial charge in [-0.1, -0.05) is 12.8 Å². The Labute approximate surface area is 79.2 Å². The molecule has 0 saturated heterocycles. The van der Waals surface area contributed by atoms with E-state index in [0.29, 0.717) is 0 Å². The van der Waals surface area contributed by atoms with Crippen LogP contribution in [0.15, 0.2) is 18.3 Å². The van der Waals surface area contributed by atoms with Gasteiger partial charge in [0, 0.05) is 18.4 Å². The van der Waals surface area contributed by atoms with E-state index >= 15 is 0 Å². The first-order chi connectivity index (χ1) is 6.42. The lowest BCUT2D eigenvalue weighted by atomic mass is 10.0. The zero-order valence-electron chi connectivity index (χ0n) is 7.95. The summed E-state index contributed by atoms with van der Waals surface area (Å²) in [4.78, 5) is 0. The van der Waals surface area contributed by atoms with E-state index in [1.807, 2.05) is 0 Å². The van der Waals surface area contributed by atoms with Crippen molar-refractivity contribution in [2.24, 2.45) is 0 Å². The zero-order chi connectivity index (χ0) is 9.10. The van der Waals surface area contributed by atoms with Crippen LogP contribution < -0.4 is 0 Å². The number of aliphatic hydroxyl groups excluding tert-OH is 1. The van der Waals surface area contributed by atoms with Crippen LogP contribution in [0.2, 0.25) is 0 Å². The Balaban J connectivity index is 2.13. The fraction of sp³-hybridized carbons (Fsp3) is 0.636. The number of nitrogens with zero attached hydrogens (tertiary/aromatic N) is 1. The quantitative estimate of drug-likeness (QED) is 0.755. The van der Waals surface area contributed by atoms with E-state index in [4.69, 9.17) is 5.11 Å². The Morgan fingerprint density at radius 1 is 1.38 bits per heavy atom. The Bertz CT molecular complexity index is 261. The minimum atomic E-state index is 0.244. The van der Waals surface area contributed by atoms with Crippen LogP contribution in [-0.4, -0.2) is 16.3 Å². The molecule has 1 aliphatic carbocycles. The second-order valence-electron chi connectivity index (χ2n) is 3.83. The van der Waals surface area contributed by atoms with Gasteiger partial charge in [0.05, 0.1) is 6.61 Å². The second kappa shape index (κ2) is 3.97. The lowest BCUT2D eigenvalue weighted by Gasteiger charge is -2.13. The molecule has 1 heterocycles. The maximum absolute atomic E-state index is 8.88. The average Bonchev–Trinajstić information content (AvgIpc) is 2.71. The fourth-order valence-electron chi connectivity index (χ4n) is 2.33. The summed E-state index contributed by atoms with van der Waals surface area (Å²) in [6.07, 6.45) is 7.47. The van der Waals surface area contributed by atoms with Crippen LogP contribution in [0.4, 0.5) is 0 Å². The highest BCUT2D eigenvalue weighted by Crippen LogP contribution is 2.34. The van der Waals surface area contributed by atoms with E-state index in [9.17, 15) is 0 Å². The lowest BCUT2D eigenvalue weighted by Crippen LogP contribution is -2.07. The van der Waals surface area contributed by atoms with Gasteiger partial charge in [0.25, 0.3) is 0 Å². The number of aromatic nitrogens is 1. The lowest BCUT2D eigenvalue weighted by molar-refractivity contribution is 0.273. The summed E-state index contributed by atoms with van der Waals surface area (Å²) < 4.78 is 2.19. The van der Waals surface area contributed by atoms with Crippen molar-refractivity contribution < 1.29 is 5.11 Å². The summed E-state index contributed by atoms with van der Waals surface area (Å²) >= 11 is 0. The molecule has 1 aliphatic rings. The Morgan fingerprint density at radius 2 is 2.15 bits per heavy atom. The summed E-state index contributed by atoms with van der Waals surface area (Å²) in [5, 5.41) is 8.88. The van der Waals surface area contributed by atoms with Crippen molar-refractivity contribution in [2.75, 3.05) is 6.61 Å². The van der Waals surface area contributed by atoms with Crippen molar-refractivity contribution in [1.29, 1.82) is 0 Å². The van der Waals surface area contributed by atoms with Crippen LogP contribution in [0.25, 0.3) is 0 Å². The first kappa shape index (κ1) is 8.82. The molecule has 0 unspecified atom stereocenters. The average molecular weight is 179 g/mol. The molecule has 2 heteroatoms. The molecule has 0 aromatic carbocycles. The van der Waals surface area contributed by atoms with Crippen molar-refractivity contribution in [3.05, 3.63) is 24.0 Å². The van der Waals surface area contributed by atoms with Crippen LogP contribution in [-0.2, 0) is 6.54 Å². The fourth-order valence-corrected chi connectivity index (χ4v) is 2.33.